The van der Waals surface area contributed by atoms with Crippen molar-refractivity contribution in [3.05, 3.63) is 41.5 Å². The van der Waals surface area contributed by atoms with Crippen LogP contribution in [0, 0.1) is 6.92 Å². The molecule has 0 radical (unpaired) electrons. The molecular formula is C15H20N4O. The molecule has 2 aromatic heterocycles. The maximum absolute atomic E-state index is 12.8. The minimum absolute atomic E-state index is 0.108. The second-order valence-electron chi connectivity index (χ2n) is 5.48. The molecule has 0 spiro atoms. The summed E-state index contributed by atoms with van der Waals surface area (Å²) in [6, 6.07) is 3.91. The monoisotopic (exact) mass is 272 g/mol. The SMILES string of the molecule is Cc1cn[nH]c1C1CCCCN1C(=O)c1cccn1C. The number of aromatic amines is 1. The van der Waals surface area contributed by atoms with Gasteiger partial charge in [0, 0.05) is 19.8 Å². The molecule has 3 heterocycles. The Hall–Kier alpha value is -2.04. The Morgan fingerprint density at radius 3 is 2.95 bits per heavy atom. The van der Waals surface area contributed by atoms with Crippen LogP contribution in [0.5, 0.6) is 0 Å². The number of nitrogens with zero attached hydrogens (tertiary/aromatic N) is 3. The van der Waals surface area contributed by atoms with Gasteiger partial charge in [-0.05, 0) is 43.9 Å². The summed E-state index contributed by atoms with van der Waals surface area (Å²) >= 11 is 0. The van der Waals surface area contributed by atoms with Crippen LogP contribution in [0.3, 0.4) is 0 Å². The first kappa shape index (κ1) is 13.0. The van der Waals surface area contributed by atoms with E-state index in [1.54, 1.807) is 0 Å². The molecule has 1 N–H and O–H groups in total. The number of piperidine rings is 1. The van der Waals surface area contributed by atoms with Crippen LogP contribution in [-0.4, -0.2) is 32.1 Å². The first-order valence-electron chi connectivity index (χ1n) is 7.10. The van der Waals surface area contributed by atoms with E-state index < -0.39 is 0 Å². The van der Waals surface area contributed by atoms with E-state index >= 15 is 0 Å². The van der Waals surface area contributed by atoms with Crippen LogP contribution in [0.1, 0.15) is 47.1 Å². The molecule has 0 bridgehead atoms. The zero-order chi connectivity index (χ0) is 14.1. The number of likely N-dealkylation sites (tertiary alicyclic amines) is 1. The second kappa shape index (κ2) is 5.15. The minimum atomic E-state index is 0.108. The lowest BCUT2D eigenvalue weighted by Crippen LogP contribution is -2.39. The van der Waals surface area contributed by atoms with Crippen molar-refractivity contribution in [1.82, 2.24) is 19.7 Å². The number of amides is 1. The van der Waals surface area contributed by atoms with Crippen molar-refractivity contribution in [2.24, 2.45) is 7.05 Å². The molecule has 0 saturated carbocycles. The number of hydrogen-bond acceptors (Lipinski definition) is 2. The van der Waals surface area contributed by atoms with Crippen molar-refractivity contribution in [2.45, 2.75) is 32.2 Å². The number of nitrogens with one attached hydrogen (secondary N) is 1. The van der Waals surface area contributed by atoms with E-state index in [9.17, 15) is 4.79 Å². The molecule has 106 valence electrons. The number of H-pyrrole nitrogens is 1. The average Bonchev–Trinajstić information content (AvgIpc) is 3.06. The van der Waals surface area contributed by atoms with Gasteiger partial charge < -0.3 is 9.47 Å². The van der Waals surface area contributed by atoms with Crippen LogP contribution in [0.2, 0.25) is 0 Å². The number of aromatic nitrogens is 3. The van der Waals surface area contributed by atoms with Crippen LogP contribution < -0.4 is 0 Å². The van der Waals surface area contributed by atoms with Crippen molar-refractivity contribution in [2.75, 3.05) is 6.54 Å². The lowest BCUT2D eigenvalue weighted by atomic mass is 9.97. The molecule has 3 rings (SSSR count). The van der Waals surface area contributed by atoms with E-state index in [0.717, 1.165) is 42.8 Å². The van der Waals surface area contributed by atoms with E-state index in [-0.39, 0.29) is 11.9 Å². The Kier molecular flexibility index (Phi) is 3.34. The highest BCUT2D eigenvalue weighted by atomic mass is 16.2. The zero-order valence-electron chi connectivity index (χ0n) is 12.0. The normalized spacial score (nSPS) is 19.3. The fraction of sp³-hybridized carbons (Fsp3) is 0.467. The zero-order valence-corrected chi connectivity index (χ0v) is 12.0. The molecule has 1 atom stereocenters. The van der Waals surface area contributed by atoms with Gasteiger partial charge in [0.1, 0.15) is 5.69 Å². The van der Waals surface area contributed by atoms with Crippen molar-refractivity contribution in [3.8, 4) is 0 Å². The molecule has 1 unspecified atom stereocenters. The summed E-state index contributed by atoms with van der Waals surface area (Å²) in [5.41, 5.74) is 2.95. The Morgan fingerprint density at radius 2 is 2.30 bits per heavy atom. The van der Waals surface area contributed by atoms with E-state index in [4.69, 9.17) is 0 Å². The smallest absolute Gasteiger partial charge is 0.271 e. The van der Waals surface area contributed by atoms with Gasteiger partial charge in [-0.1, -0.05) is 0 Å². The predicted octanol–water partition coefficient (Wildman–Crippen LogP) is 2.42. The van der Waals surface area contributed by atoms with Crippen LogP contribution in [-0.2, 0) is 7.05 Å². The van der Waals surface area contributed by atoms with Crippen molar-refractivity contribution >= 4 is 5.91 Å². The maximum Gasteiger partial charge on any atom is 0.271 e. The Bertz CT molecular complexity index is 613. The summed E-state index contributed by atoms with van der Waals surface area (Å²) in [7, 11) is 1.91. The van der Waals surface area contributed by atoms with Gasteiger partial charge >= 0.3 is 0 Å². The Balaban J connectivity index is 1.92. The highest BCUT2D eigenvalue weighted by molar-refractivity contribution is 5.93. The van der Waals surface area contributed by atoms with E-state index in [1.807, 2.05) is 48.0 Å². The molecule has 1 amide bonds. The summed E-state index contributed by atoms with van der Waals surface area (Å²) in [6.07, 6.45) is 6.96. The van der Waals surface area contributed by atoms with Crippen LogP contribution >= 0.6 is 0 Å². The fourth-order valence-corrected chi connectivity index (χ4v) is 3.00. The number of carbonyl (C=O) groups is 1. The lowest BCUT2D eigenvalue weighted by Gasteiger charge is -2.35. The number of hydrogen-bond donors (Lipinski definition) is 1. The lowest BCUT2D eigenvalue weighted by molar-refractivity contribution is 0.0595. The third-order valence-electron chi connectivity index (χ3n) is 4.13. The molecular weight excluding hydrogens is 252 g/mol. The molecule has 0 aliphatic carbocycles. The molecule has 1 fully saturated rings. The minimum Gasteiger partial charge on any atom is -0.347 e. The first-order chi connectivity index (χ1) is 9.68. The van der Waals surface area contributed by atoms with Gasteiger partial charge in [-0.15, -0.1) is 0 Å². The summed E-state index contributed by atoms with van der Waals surface area (Å²) in [5.74, 6) is 0.108. The van der Waals surface area contributed by atoms with Crippen molar-refractivity contribution in [1.29, 1.82) is 0 Å². The third-order valence-corrected chi connectivity index (χ3v) is 4.13. The average molecular weight is 272 g/mol. The first-order valence-corrected chi connectivity index (χ1v) is 7.10. The molecule has 5 heteroatoms. The number of carbonyl (C=O) groups excluding carboxylic acids is 1. The van der Waals surface area contributed by atoms with Crippen molar-refractivity contribution < 1.29 is 4.79 Å². The van der Waals surface area contributed by atoms with Gasteiger partial charge in [0.25, 0.3) is 5.91 Å². The Labute approximate surface area is 118 Å². The quantitative estimate of drug-likeness (QED) is 0.912. The van der Waals surface area contributed by atoms with E-state index in [2.05, 4.69) is 10.2 Å². The summed E-state index contributed by atoms with van der Waals surface area (Å²) in [6.45, 7) is 2.85. The van der Waals surface area contributed by atoms with Crippen LogP contribution in [0.15, 0.2) is 24.5 Å². The van der Waals surface area contributed by atoms with Gasteiger partial charge in [0.15, 0.2) is 0 Å². The summed E-state index contributed by atoms with van der Waals surface area (Å²) < 4.78 is 1.88. The van der Waals surface area contributed by atoms with Gasteiger partial charge in [-0.3, -0.25) is 9.89 Å². The maximum atomic E-state index is 12.8. The molecule has 20 heavy (non-hydrogen) atoms. The molecule has 1 aliphatic rings. The number of rotatable bonds is 2. The van der Waals surface area contributed by atoms with E-state index in [1.165, 1.54) is 0 Å². The van der Waals surface area contributed by atoms with Gasteiger partial charge in [0.2, 0.25) is 0 Å². The number of aryl methyl sites for hydroxylation is 2. The van der Waals surface area contributed by atoms with Crippen LogP contribution in [0.4, 0.5) is 0 Å². The van der Waals surface area contributed by atoms with Gasteiger partial charge in [-0.25, -0.2) is 0 Å². The molecule has 1 saturated heterocycles. The van der Waals surface area contributed by atoms with Gasteiger partial charge in [0.05, 0.1) is 17.9 Å². The van der Waals surface area contributed by atoms with Crippen LogP contribution in [0.25, 0.3) is 0 Å². The molecule has 0 aromatic carbocycles. The van der Waals surface area contributed by atoms with Gasteiger partial charge in [-0.2, -0.15) is 5.10 Å². The summed E-state index contributed by atoms with van der Waals surface area (Å²) in [5, 5.41) is 7.17. The van der Waals surface area contributed by atoms with E-state index in [0.29, 0.717) is 0 Å². The molecule has 1 aliphatic heterocycles. The summed E-state index contributed by atoms with van der Waals surface area (Å²) in [4.78, 5) is 14.8. The second-order valence-corrected chi connectivity index (χ2v) is 5.48. The standard InChI is InChI=1S/C15H20N4O/c1-11-10-16-17-14(11)12-6-3-4-9-19(12)15(20)13-7-5-8-18(13)2/h5,7-8,10,12H,3-4,6,9H2,1-2H3,(H,16,17). The molecule has 5 nitrogen and oxygen atoms in total. The topological polar surface area (TPSA) is 53.9 Å². The highest BCUT2D eigenvalue weighted by Crippen LogP contribution is 2.32. The predicted molar refractivity (Wildman–Crippen MR) is 76.4 cm³/mol. The van der Waals surface area contributed by atoms with Crippen molar-refractivity contribution in [3.63, 3.8) is 0 Å². The third kappa shape index (κ3) is 2.13. The highest BCUT2D eigenvalue weighted by Gasteiger charge is 2.31. The largest absolute Gasteiger partial charge is 0.347 e. The Morgan fingerprint density at radius 1 is 1.45 bits per heavy atom. The fourth-order valence-electron chi connectivity index (χ4n) is 3.00. The molecule has 2 aromatic rings.